The summed E-state index contributed by atoms with van der Waals surface area (Å²) in [6, 6.07) is 29.3. The summed E-state index contributed by atoms with van der Waals surface area (Å²) < 4.78 is 6.90. The number of hydrogen-bond donors (Lipinski definition) is 2. The van der Waals surface area contributed by atoms with Crippen LogP contribution in [0.2, 0.25) is 10.0 Å². The summed E-state index contributed by atoms with van der Waals surface area (Å²) in [5.41, 5.74) is 5.75. The van der Waals surface area contributed by atoms with Gasteiger partial charge in [-0.1, -0.05) is 106 Å². The lowest BCUT2D eigenvalue weighted by atomic mass is 9.99. The van der Waals surface area contributed by atoms with Crippen molar-refractivity contribution in [3.05, 3.63) is 133 Å². The number of halogens is 4. The number of nitrogens with one attached hydrogen (secondary N) is 2. The van der Waals surface area contributed by atoms with Crippen LogP contribution < -0.4 is 10.2 Å². The maximum atomic E-state index is 13.6. The molecule has 2 N–H and O–H groups in total. The normalized spacial score (nSPS) is 11.3. The summed E-state index contributed by atoms with van der Waals surface area (Å²) in [5, 5.41) is 7.85. The molecule has 0 atom stereocenters. The van der Waals surface area contributed by atoms with Gasteiger partial charge in [0.2, 0.25) is 0 Å². The Morgan fingerprint density at radius 1 is 0.837 bits per heavy atom. The maximum Gasteiger partial charge on any atom is 0.345 e. The van der Waals surface area contributed by atoms with E-state index < -0.39 is 11.9 Å². The van der Waals surface area contributed by atoms with Crippen LogP contribution in [-0.4, -0.2) is 23.1 Å². The van der Waals surface area contributed by atoms with E-state index in [4.69, 9.17) is 27.9 Å². The van der Waals surface area contributed by atoms with Gasteiger partial charge >= 0.3 is 5.97 Å². The van der Waals surface area contributed by atoms with Crippen LogP contribution in [0.15, 0.2) is 111 Å². The molecule has 0 aliphatic heterocycles. The van der Waals surface area contributed by atoms with Crippen molar-refractivity contribution in [2.45, 2.75) is 0 Å². The molecule has 0 fully saturated rings. The fourth-order valence-corrected chi connectivity index (χ4v) is 6.61. The minimum Gasteiger partial charge on any atom is -0.421 e. The number of hydrazone groups is 1. The average Bonchev–Trinajstić information content (AvgIpc) is 3.39. The van der Waals surface area contributed by atoms with Crippen LogP contribution in [-0.2, 0) is 0 Å². The molecule has 0 aliphatic carbocycles. The minimum absolute atomic E-state index is 0.208. The first-order valence-corrected chi connectivity index (χ1v) is 15.2. The van der Waals surface area contributed by atoms with E-state index in [0.29, 0.717) is 36.4 Å². The molecule has 0 saturated heterocycles. The quantitative estimate of drug-likeness (QED) is 0.0774. The van der Waals surface area contributed by atoms with Gasteiger partial charge < -0.3 is 9.72 Å². The van der Waals surface area contributed by atoms with Gasteiger partial charge in [0, 0.05) is 37.0 Å². The number of esters is 1. The number of ether oxygens (including phenoxy) is 1. The molecule has 5 aromatic carbocycles. The lowest BCUT2D eigenvalue weighted by Crippen LogP contribution is -2.19. The molecule has 1 heterocycles. The van der Waals surface area contributed by atoms with Gasteiger partial charge in [-0.3, -0.25) is 4.79 Å². The van der Waals surface area contributed by atoms with Crippen LogP contribution in [0.1, 0.15) is 26.4 Å². The lowest BCUT2D eigenvalue weighted by molar-refractivity contribution is 0.0733. The van der Waals surface area contributed by atoms with Crippen molar-refractivity contribution in [3.63, 3.8) is 0 Å². The minimum atomic E-state index is -0.637. The molecule has 1 amide bonds. The van der Waals surface area contributed by atoms with E-state index in [0.717, 1.165) is 21.7 Å². The average molecular weight is 736 g/mol. The topological polar surface area (TPSA) is 83.5 Å². The first-order valence-electron chi connectivity index (χ1n) is 12.9. The largest absolute Gasteiger partial charge is 0.421 e. The van der Waals surface area contributed by atoms with E-state index in [1.165, 1.54) is 6.21 Å². The number of carbonyl (C=O) groups excluding carboxylic acids is 2. The van der Waals surface area contributed by atoms with Crippen molar-refractivity contribution in [1.29, 1.82) is 0 Å². The maximum absolute atomic E-state index is 13.6. The number of aromatic nitrogens is 1. The smallest absolute Gasteiger partial charge is 0.345 e. The van der Waals surface area contributed by atoms with Gasteiger partial charge in [-0.15, -0.1) is 0 Å². The zero-order valence-electron chi connectivity index (χ0n) is 22.0. The van der Waals surface area contributed by atoms with Gasteiger partial charge in [-0.2, -0.15) is 5.10 Å². The van der Waals surface area contributed by atoms with Gasteiger partial charge in [-0.05, 0) is 51.6 Å². The van der Waals surface area contributed by atoms with Crippen molar-refractivity contribution in [2.24, 2.45) is 5.10 Å². The van der Waals surface area contributed by atoms with Gasteiger partial charge in [0.05, 0.1) is 26.8 Å². The van der Waals surface area contributed by atoms with Crippen LogP contribution in [0.25, 0.3) is 32.8 Å². The van der Waals surface area contributed by atoms with Crippen LogP contribution in [0.3, 0.4) is 0 Å². The molecule has 0 saturated carbocycles. The van der Waals surface area contributed by atoms with Crippen molar-refractivity contribution >= 4 is 94.8 Å². The van der Waals surface area contributed by atoms with E-state index in [1.807, 2.05) is 54.6 Å². The van der Waals surface area contributed by atoms with E-state index in [-0.39, 0.29) is 16.3 Å². The van der Waals surface area contributed by atoms with Gasteiger partial charge in [0.1, 0.15) is 5.69 Å². The fraction of sp³-hybridized carbons (Fsp3) is 0. The summed E-state index contributed by atoms with van der Waals surface area (Å²) >= 11 is 19.7. The number of fused-ring (bicyclic) bond motifs is 3. The monoisotopic (exact) mass is 733 g/mol. The molecule has 1 aromatic heterocycles. The van der Waals surface area contributed by atoms with Gasteiger partial charge in [0.25, 0.3) is 5.91 Å². The van der Waals surface area contributed by atoms with Crippen LogP contribution in [0.4, 0.5) is 0 Å². The zero-order valence-corrected chi connectivity index (χ0v) is 26.7. The number of nitrogens with zero attached hydrogens (tertiary/aromatic N) is 1. The SMILES string of the molecule is O=C(Oc1c(Br)cc(Br)cc1C=NNC(=O)c1[nH]c2c(ccc3ccccc32)c1-c1ccccc1Cl)c1ccccc1Cl. The Morgan fingerprint density at radius 3 is 2.35 bits per heavy atom. The molecule has 10 heteroatoms. The zero-order chi connectivity index (χ0) is 30.1. The second-order valence-corrected chi connectivity index (χ2v) is 12.0. The van der Waals surface area contributed by atoms with Gasteiger partial charge in [-0.25, -0.2) is 10.2 Å². The molecule has 6 nitrogen and oxygen atoms in total. The van der Waals surface area contributed by atoms with Crippen LogP contribution >= 0.6 is 55.1 Å². The number of aromatic amines is 1. The van der Waals surface area contributed by atoms with E-state index in [9.17, 15) is 9.59 Å². The summed E-state index contributed by atoms with van der Waals surface area (Å²) in [6.45, 7) is 0. The number of benzene rings is 5. The Labute approximate surface area is 272 Å². The first kappa shape index (κ1) is 29.1. The molecule has 0 spiro atoms. The molecule has 6 aromatic rings. The predicted molar refractivity (Wildman–Crippen MR) is 180 cm³/mol. The number of rotatable bonds is 6. The number of hydrogen-bond acceptors (Lipinski definition) is 4. The summed E-state index contributed by atoms with van der Waals surface area (Å²) in [6.07, 6.45) is 1.40. The van der Waals surface area contributed by atoms with Crippen molar-refractivity contribution < 1.29 is 14.3 Å². The lowest BCUT2D eigenvalue weighted by Gasteiger charge is -2.11. The molecule has 0 radical (unpaired) electrons. The van der Waals surface area contributed by atoms with Gasteiger partial charge in [0.15, 0.2) is 5.75 Å². The van der Waals surface area contributed by atoms with Crippen LogP contribution in [0, 0.1) is 0 Å². The first-order chi connectivity index (χ1) is 20.8. The third kappa shape index (κ3) is 5.84. The Bertz CT molecular complexity index is 2090. The highest BCUT2D eigenvalue weighted by Gasteiger charge is 2.22. The summed E-state index contributed by atoms with van der Waals surface area (Å²) in [7, 11) is 0. The van der Waals surface area contributed by atoms with E-state index >= 15 is 0 Å². The Hall–Kier alpha value is -3.95. The number of H-pyrrole nitrogens is 1. The fourth-order valence-electron chi connectivity index (χ4n) is 4.83. The summed E-state index contributed by atoms with van der Waals surface area (Å²) in [5.74, 6) is -0.905. The molecular formula is C33H19Br2Cl2N3O3. The molecule has 0 aliphatic rings. The summed E-state index contributed by atoms with van der Waals surface area (Å²) in [4.78, 5) is 29.9. The number of amides is 1. The highest BCUT2D eigenvalue weighted by molar-refractivity contribution is 9.11. The number of carbonyl (C=O) groups is 2. The van der Waals surface area contributed by atoms with Crippen molar-refractivity contribution in [3.8, 4) is 16.9 Å². The Kier molecular flexibility index (Phi) is 8.36. The molecule has 212 valence electrons. The molecule has 6 rings (SSSR count). The third-order valence-electron chi connectivity index (χ3n) is 6.76. The molecule has 0 unspecified atom stereocenters. The van der Waals surface area contributed by atoms with Crippen molar-refractivity contribution in [2.75, 3.05) is 0 Å². The third-order valence-corrected chi connectivity index (χ3v) is 8.47. The highest BCUT2D eigenvalue weighted by Crippen LogP contribution is 2.39. The molecule has 43 heavy (non-hydrogen) atoms. The Balaban J connectivity index is 1.36. The standard InChI is InChI=1S/C33H19Br2Cl2N3O3/c34-20-15-19(31(25(35)16-20)43-33(42)23-10-4-6-12-27(23)37)17-38-40-32(41)30-28(22-9-3-5-11-26(22)36)24-14-13-18-7-1-2-8-21(18)29(24)39-30/h1-17,39H,(H,40,41). The molecular weight excluding hydrogens is 717 g/mol. The van der Waals surface area contributed by atoms with Crippen LogP contribution in [0.5, 0.6) is 5.75 Å². The Morgan fingerprint density at radius 2 is 1.56 bits per heavy atom. The van der Waals surface area contributed by atoms with E-state index in [1.54, 1.807) is 42.5 Å². The predicted octanol–water partition coefficient (Wildman–Crippen LogP) is 9.80. The molecule has 0 bridgehead atoms. The second kappa shape index (κ2) is 12.3. The highest BCUT2D eigenvalue weighted by atomic mass is 79.9. The van der Waals surface area contributed by atoms with Crippen molar-refractivity contribution in [1.82, 2.24) is 10.4 Å². The van der Waals surface area contributed by atoms with E-state index in [2.05, 4.69) is 47.4 Å². The second-order valence-electron chi connectivity index (χ2n) is 9.44.